The minimum absolute atomic E-state index is 0.108. The van der Waals surface area contributed by atoms with Crippen LogP contribution < -0.4 is 10.1 Å². The lowest BCUT2D eigenvalue weighted by atomic mass is 10.1. The number of esters is 1. The normalized spacial score (nSPS) is 10.7. The Hall–Kier alpha value is -1.62. The van der Waals surface area contributed by atoms with Gasteiger partial charge in [-0.05, 0) is 25.5 Å². The molecule has 0 fully saturated rings. The highest BCUT2D eigenvalue weighted by atomic mass is 19.1. The summed E-state index contributed by atoms with van der Waals surface area (Å²) >= 11 is 0. The highest BCUT2D eigenvalue weighted by Crippen LogP contribution is 2.22. The molecule has 0 heterocycles. The van der Waals surface area contributed by atoms with E-state index in [0.29, 0.717) is 18.0 Å². The van der Waals surface area contributed by atoms with Crippen molar-refractivity contribution in [3.05, 3.63) is 29.6 Å². The number of carbonyl (C=O) groups is 1. The van der Waals surface area contributed by atoms with E-state index in [1.54, 1.807) is 19.1 Å². The maximum atomic E-state index is 13.8. The molecule has 1 aromatic rings. The number of hydrogen-bond donors (Lipinski definition) is 1. The molecule has 0 saturated heterocycles. The van der Waals surface area contributed by atoms with Crippen LogP contribution in [0.15, 0.2) is 18.2 Å². The second-order valence-electron chi connectivity index (χ2n) is 4.85. The minimum atomic E-state index is -0.503. The van der Waals surface area contributed by atoms with Gasteiger partial charge in [0.2, 0.25) is 0 Å². The molecule has 0 saturated carbocycles. The molecule has 112 valence electrons. The number of para-hydroxylation sites is 1. The molecule has 4 nitrogen and oxygen atoms in total. The quantitative estimate of drug-likeness (QED) is 0.745. The van der Waals surface area contributed by atoms with Crippen LogP contribution >= 0.6 is 0 Å². The molecular weight excluding hydrogens is 261 g/mol. The van der Waals surface area contributed by atoms with Gasteiger partial charge in [0.05, 0.1) is 6.61 Å². The van der Waals surface area contributed by atoms with Crippen molar-refractivity contribution in [3.63, 3.8) is 0 Å². The third-order valence-electron chi connectivity index (χ3n) is 2.56. The van der Waals surface area contributed by atoms with Crippen LogP contribution in [0.1, 0.15) is 26.3 Å². The number of nitrogens with one attached hydrogen (secondary N) is 1. The average molecular weight is 283 g/mol. The van der Waals surface area contributed by atoms with E-state index in [1.165, 1.54) is 6.07 Å². The Bertz CT molecular complexity index is 435. The number of benzene rings is 1. The van der Waals surface area contributed by atoms with E-state index in [-0.39, 0.29) is 19.0 Å². The molecule has 0 aliphatic rings. The molecule has 20 heavy (non-hydrogen) atoms. The lowest BCUT2D eigenvalue weighted by Crippen LogP contribution is -2.21. The highest BCUT2D eigenvalue weighted by Gasteiger charge is 2.12. The van der Waals surface area contributed by atoms with Crippen LogP contribution in [-0.2, 0) is 16.1 Å². The SMILES string of the molecule is CCOC(=O)COc1c(F)cccc1CNCC(C)C. The molecule has 1 rings (SSSR count). The van der Waals surface area contributed by atoms with E-state index in [4.69, 9.17) is 9.47 Å². The van der Waals surface area contributed by atoms with E-state index >= 15 is 0 Å². The summed E-state index contributed by atoms with van der Waals surface area (Å²) in [5.74, 6) is -0.362. The number of carbonyl (C=O) groups excluding carboxylic acids is 1. The van der Waals surface area contributed by atoms with Gasteiger partial charge in [-0.1, -0.05) is 26.0 Å². The lowest BCUT2D eigenvalue weighted by molar-refractivity contribution is -0.145. The molecule has 1 N–H and O–H groups in total. The summed E-state index contributed by atoms with van der Waals surface area (Å²) in [7, 11) is 0. The van der Waals surface area contributed by atoms with Gasteiger partial charge in [-0.25, -0.2) is 9.18 Å². The zero-order chi connectivity index (χ0) is 15.0. The van der Waals surface area contributed by atoms with E-state index in [9.17, 15) is 9.18 Å². The molecule has 5 heteroatoms. The smallest absolute Gasteiger partial charge is 0.344 e. The second-order valence-corrected chi connectivity index (χ2v) is 4.85. The minimum Gasteiger partial charge on any atom is -0.478 e. The van der Waals surface area contributed by atoms with Crippen molar-refractivity contribution in [2.75, 3.05) is 19.8 Å². The first kappa shape index (κ1) is 16.4. The van der Waals surface area contributed by atoms with Crippen LogP contribution in [0, 0.1) is 11.7 Å². The summed E-state index contributed by atoms with van der Waals surface area (Å²) in [5.41, 5.74) is 0.690. The Balaban J connectivity index is 2.65. The molecular formula is C15H22FNO3. The van der Waals surface area contributed by atoms with Gasteiger partial charge in [0, 0.05) is 12.1 Å². The maximum absolute atomic E-state index is 13.8. The van der Waals surface area contributed by atoms with Crippen molar-refractivity contribution >= 4 is 5.97 Å². The Kier molecular flexibility index (Phi) is 7.01. The Labute approximate surface area is 119 Å². The van der Waals surface area contributed by atoms with Crippen molar-refractivity contribution in [3.8, 4) is 5.75 Å². The third kappa shape index (κ3) is 5.57. The fourth-order valence-electron chi connectivity index (χ4n) is 1.68. The van der Waals surface area contributed by atoms with Crippen molar-refractivity contribution in [1.29, 1.82) is 0 Å². The summed E-state index contributed by atoms with van der Waals surface area (Å²) < 4.78 is 23.8. The molecule has 0 spiro atoms. The van der Waals surface area contributed by atoms with Gasteiger partial charge in [0.15, 0.2) is 18.2 Å². The molecule has 0 aromatic heterocycles. The van der Waals surface area contributed by atoms with E-state index in [2.05, 4.69) is 19.2 Å². The van der Waals surface area contributed by atoms with E-state index in [1.807, 2.05) is 0 Å². The van der Waals surface area contributed by atoms with Crippen LogP contribution in [0.3, 0.4) is 0 Å². The summed E-state index contributed by atoms with van der Waals surface area (Å²) in [5, 5.41) is 3.22. The summed E-state index contributed by atoms with van der Waals surface area (Å²) in [6.45, 7) is 7.21. The van der Waals surface area contributed by atoms with Crippen molar-refractivity contribution < 1.29 is 18.7 Å². The fraction of sp³-hybridized carbons (Fsp3) is 0.533. The molecule has 1 aromatic carbocycles. The van der Waals surface area contributed by atoms with Gasteiger partial charge in [-0.2, -0.15) is 0 Å². The van der Waals surface area contributed by atoms with Crippen molar-refractivity contribution in [1.82, 2.24) is 5.32 Å². The summed E-state index contributed by atoms with van der Waals surface area (Å²) in [6.07, 6.45) is 0. The molecule has 0 unspecified atom stereocenters. The number of halogens is 1. The van der Waals surface area contributed by atoms with E-state index < -0.39 is 11.8 Å². The van der Waals surface area contributed by atoms with Gasteiger partial charge in [0.1, 0.15) is 0 Å². The Morgan fingerprint density at radius 2 is 2.15 bits per heavy atom. The lowest BCUT2D eigenvalue weighted by Gasteiger charge is -2.13. The molecule has 0 amide bonds. The number of rotatable bonds is 8. The van der Waals surface area contributed by atoms with Crippen molar-refractivity contribution in [2.24, 2.45) is 5.92 Å². The number of hydrogen-bond acceptors (Lipinski definition) is 4. The van der Waals surface area contributed by atoms with Crippen LogP contribution in [0.25, 0.3) is 0 Å². The van der Waals surface area contributed by atoms with Gasteiger partial charge >= 0.3 is 5.97 Å². The second kappa shape index (κ2) is 8.53. The predicted molar refractivity (Wildman–Crippen MR) is 75.1 cm³/mol. The first-order chi connectivity index (χ1) is 9.54. The first-order valence-corrected chi connectivity index (χ1v) is 6.81. The summed E-state index contributed by atoms with van der Waals surface area (Å²) in [4.78, 5) is 11.3. The predicted octanol–water partition coefficient (Wildman–Crippen LogP) is 2.51. The third-order valence-corrected chi connectivity index (χ3v) is 2.56. The molecule has 0 atom stereocenters. The standard InChI is InChI=1S/C15H22FNO3/c1-4-19-14(18)10-20-15-12(6-5-7-13(15)16)9-17-8-11(2)3/h5-7,11,17H,4,8-10H2,1-3H3. The van der Waals surface area contributed by atoms with Gasteiger partial charge in [0.25, 0.3) is 0 Å². The van der Waals surface area contributed by atoms with Gasteiger partial charge in [-0.3, -0.25) is 0 Å². The zero-order valence-corrected chi connectivity index (χ0v) is 12.2. The van der Waals surface area contributed by atoms with Crippen LogP contribution in [0.2, 0.25) is 0 Å². The average Bonchev–Trinajstić information content (AvgIpc) is 2.38. The molecule has 0 aliphatic carbocycles. The monoisotopic (exact) mass is 283 g/mol. The largest absolute Gasteiger partial charge is 0.478 e. The summed E-state index contributed by atoms with van der Waals surface area (Å²) in [6, 6.07) is 4.71. The van der Waals surface area contributed by atoms with Crippen LogP contribution in [0.5, 0.6) is 5.75 Å². The zero-order valence-electron chi connectivity index (χ0n) is 12.2. The van der Waals surface area contributed by atoms with Crippen molar-refractivity contribution in [2.45, 2.75) is 27.3 Å². The fourth-order valence-corrected chi connectivity index (χ4v) is 1.68. The Morgan fingerprint density at radius 1 is 1.40 bits per heavy atom. The maximum Gasteiger partial charge on any atom is 0.344 e. The van der Waals surface area contributed by atoms with Gasteiger partial charge < -0.3 is 14.8 Å². The molecule has 0 aliphatic heterocycles. The van der Waals surface area contributed by atoms with Crippen LogP contribution in [-0.4, -0.2) is 25.7 Å². The Morgan fingerprint density at radius 3 is 2.80 bits per heavy atom. The van der Waals surface area contributed by atoms with Crippen LogP contribution in [0.4, 0.5) is 4.39 Å². The highest BCUT2D eigenvalue weighted by molar-refractivity contribution is 5.71. The number of ether oxygens (including phenoxy) is 2. The topological polar surface area (TPSA) is 47.6 Å². The first-order valence-electron chi connectivity index (χ1n) is 6.81. The van der Waals surface area contributed by atoms with Gasteiger partial charge in [-0.15, -0.1) is 0 Å². The molecule has 0 radical (unpaired) electrons. The molecule has 0 bridgehead atoms. The van der Waals surface area contributed by atoms with E-state index in [0.717, 1.165) is 6.54 Å².